The number of hydrogen-bond acceptors (Lipinski definition) is 3. The van der Waals surface area contributed by atoms with Gasteiger partial charge in [-0.3, -0.25) is 0 Å². The monoisotopic (exact) mass is 244 g/mol. The summed E-state index contributed by atoms with van der Waals surface area (Å²) in [6.07, 6.45) is 0. The van der Waals surface area contributed by atoms with Crippen LogP contribution < -0.4 is 61.2 Å². The van der Waals surface area contributed by atoms with Gasteiger partial charge in [0.15, 0.2) is 17.4 Å². The van der Waals surface area contributed by atoms with E-state index in [9.17, 15) is 23.1 Å². The van der Waals surface area contributed by atoms with Crippen LogP contribution in [0.25, 0.3) is 0 Å². The predicted molar refractivity (Wildman–Crippen MR) is 37.2 cm³/mol. The molecule has 0 spiro atoms. The standard InChI is InChI=1S/C8H5F3O3.K/c1-14-7-5(10)3(8(12)13)2-4(9)6(7)11;/h2H,1H3,(H,12,13);/q;+1/p-1. The number of methoxy groups -OCH3 is 1. The first-order valence-electron chi connectivity index (χ1n) is 3.41. The summed E-state index contributed by atoms with van der Waals surface area (Å²) in [5.74, 6) is -7.60. The van der Waals surface area contributed by atoms with E-state index < -0.39 is 34.7 Å². The topological polar surface area (TPSA) is 49.4 Å². The van der Waals surface area contributed by atoms with Crippen LogP contribution in [0.3, 0.4) is 0 Å². The van der Waals surface area contributed by atoms with E-state index in [2.05, 4.69) is 4.74 Å². The summed E-state index contributed by atoms with van der Waals surface area (Å²) < 4.78 is 42.6. The Morgan fingerprint density at radius 3 is 2.27 bits per heavy atom. The Bertz CT molecular complexity index is 395. The van der Waals surface area contributed by atoms with E-state index in [1.165, 1.54) is 0 Å². The van der Waals surface area contributed by atoms with Crippen molar-refractivity contribution in [3.63, 3.8) is 0 Å². The van der Waals surface area contributed by atoms with Crippen LogP contribution in [-0.4, -0.2) is 13.1 Å². The van der Waals surface area contributed by atoms with E-state index >= 15 is 0 Å². The number of carbonyl (C=O) groups is 1. The summed E-state index contributed by atoms with van der Waals surface area (Å²) in [5, 5.41) is 10.3. The fraction of sp³-hybridized carbons (Fsp3) is 0.125. The molecule has 0 aromatic heterocycles. The van der Waals surface area contributed by atoms with Gasteiger partial charge < -0.3 is 14.6 Å². The predicted octanol–water partition coefficient (Wildman–Crippen LogP) is -2.52. The normalized spacial score (nSPS) is 9.33. The van der Waals surface area contributed by atoms with Crippen molar-refractivity contribution < 1.29 is 79.2 Å². The number of hydrogen-bond donors (Lipinski definition) is 0. The van der Waals surface area contributed by atoms with Crippen LogP contribution >= 0.6 is 0 Å². The second kappa shape index (κ2) is 5.85. The first kappa shape index (κ1) is 14.9. The van der Waals surface area contributed by atoms with Gasteiger partial charge >= 0.3 is 51.4 Å². The van der Waals surface area contributed by atoms with Crippen LogP contribution in [0.4, 0.5) is 13.2 Å². The molecule has 3 nitrogen and oxygen atoms in total. The summed E-state index contributed by atoms with van der Waals surface area (Å²) in [6.45, 7) is 0. The van der Waals surface area contributed by atoms with E-state index in [1.807, 2.05) is 0 Å². The van der Waals surface area contributed by atoms with E-state index in [0.29, 0.717) is 0 Å². The Balaban J connectivity index is 0.00000196. The summed E-state index contributed by atoms with van der Waals surface area (Å²) in [6, 6.07) is 0.197. The zero-order valence-corrected chi connectivity index (χ0v) is 11.1. The molecule has 15 heavy (non-hydrogen) atoms. The van der Waals surface area contributed by atoms with Gasteiger partial charge in [-0.05, 0) is 6.07 Å². The molecule has 7 heteroatoms. The first-order valence-corrected chi connectivity index (χ1v) is 3.41. The van der Waals surface area contributed by atoms with Crippen molar-refractivity contribution in [3.8, 4) is 5.75 Å². The molecule has 0 unspecified atom stereocenters. The number of benzene rings is 1. The van der Waals surface area contributed by atoms with Crippen molar-refractivity contribution >= 4 is 5.97 Å². The third kappa shape index (κ3) is 2.94. The Hall–Kier alpha value is -0.0836. The number of ether oxygens (including phenoxy) is 1. The van der Waals surface area contributed by atoms with Crippen molar-refractivity contribution in [2.45, 2.75) is 0 Å². The molecule has 0 heterocycles. The summed E-state index contributed by atoms with van der Waals surface area (Å²) in [4.78, 5) is 10.3. The first-order chi connectivity index (χ1) is 6.49. The van der Waals surface area contributed by atoms with Crippen molar-refractivity contribution in [1.82, 2.24) is 0 Å². The van der Waals surface area contributed by atoms with Crippen molar-refractivity contribution in [1.29, 1.82) is 0 Å². The van der Waals surface area contributed by atoms with Crippen LogP contribution in [0, 0.1) is 17.5 Å². The smallest absolute Gasteiger partial charge is 0.545 e. The van der Waals surface area contributed by atoms with Crippen LogP contribution in [0.1, 0.15) is 10.4 Å². The molecule has 0 saturated carbocycles. The molecular formula is C8H4F3KO3. The Morgan fingerprint density at radius 1 is 1.33 bits per heavy atom. The molecule has 0 aliphatic heterocycles. The molecule has 1 aromatic rings. The maximum atomic E-state index is 13.0. The van der Waals surface area contributed by atoms with Crippen molar-refractivity contribution in [2.24, 2.45) is 0 Å². The van der Waals surface area contributed by atoms with Gasteiger partial charge in [0.2, 0.25) is 5.82 Å². The van der Waals surface area contributed by atoms with Gasteiger partial charge in [-0.2, -0.15) is 4.39 Å². The maximum Gasteiger partial charge on any atom is 1.00 e. The third-order valence-corrected chi connectivity index (χ3v) is 1.54. The average molecular weight is 244 g/mol. The zero-order valence-electron chi connectivity index (χ0n) is 7.94. The molecule has 0 aliphatic carbocycles. The average Bonchev–Trinajstić information content (AvgIpc) is 2.12. The summed E-state index contributed by atoms with van der Waals surface area (Å²) >= 11 is 0. The largest absolute Gasteiger partial charge is 1.00 e. The molecule has 0 atom stereocenters. The Labute approximate surface area is 126 Å². The van der Waals surface area contributed by atoms with Gasteiger partial charge in [-0.25, -0.2) is 8.78 Å². The molecule has 0 radical (unpaired) electrons. The van der Waals surface area contributed by atoms with Crippen molar-refractivity contribution in [2.75, 3.05) is 7.11 Å². The third-order valence-electron chi connectivity index (χ3n) is 1.54. The number of rotatable bonds is 2. The van der Waals surface area contributed by atoms with Gasteiger partial charge in [0, 0.05) is 5.56 Å². The quantitative estimate of drug-likeness (QED) is 0.426. The molecule has 1 aromatic carbocycles. The number of halogens is 3. The SMILES string of the molecule is COc1c(F)c(F)cc(C(=O)[O-])c1F.[K+]. The van der Waals surface area contributed by atoms with Gasteiger partial charge in [-0.15, -0.1) is 0 Å². The fourth-order valence-electron chi connectivity index (χ4n) is 0.908. The molecule has 0 fully saturated rings. The molecule has 0 amide bonds. The number of aromatic carboxylic acids is 1. The maximum absolute atomic E-state index is 13.0. The minimum absolute atomic E-state index is 0. The molecule has 0 aliphatic rings. The number of carboxylic acids is 1. The second-order valence-electron chi connectivity index (χ2n) is 2.35. The Kier molecular flexibility index (Phi) is 5.82. The second-order valence-corrected chi connectivity index (χ2v) is 2.35. The van der Waals surface area contributed by atoms with E-state index in [4.69, 9.17) is 0 Å². The number of carboxylic acid groups (broad SMARTS) is 1. The van der Waals surface area contributed by atoms with Gasteiger partial charge in [0.25, 0.3) is 0 Å². The van der Waals surface area contributed by atoms with Crippen LogP contribution in [-0.2, 0) is 0 Å². The van der Waals surface area contributed by atoms with Gasteiger partial charge in [0.05, 0.1) is 13.1 Å². The molecule has 0 N–H and O–H groups in total. The zero-order chi connectivity index (χ0) is 10.9. The van der Waals surface area contributed by atoms with E-state index in [-0.39, 0.29) is 57.5 Å². The molecule has 76 valence electrons. The van der Waals surface area contributed by atoms with Crippen LogP contribution in [0.15, 0.2) is 6.07 Å². The Morgan fingerprint density at radius 2 is 1.87 bits per heavy atom. The molecule has 0 bridgehead atoms. The van der Waals surface area contributed by atoms with Crippen LogP contribution in [0.5, 0.6) is 5.75 Å². The van der Waals surface area contributed by atoms with E-state index in [0.717, 1.165) is 7.11 Å². The minimum atomic E-state index is -1.94. The van der Waals surface area contributed by atoms with E-state index in [1.54, 1.807) is 0 Å². The van der Waals surface area contributed by atoms with Crippen LogP contribution in [0.2, 0.25) is 0 Å². The fourth-order valence-corrected chi connectivity index (χ4v) is 0.908. The molecule has 0 saturated heterocycles. The summed E-state index contributed by atoms with van der Waals surface area (Å²) in [5.41, 5.74) is -1.08. The van der Waals surface area contributed by atoms with Gasteiger partial charge in [0.1, 0.15) is 0 Å². The minimum Gasteiger partial charge on any atom is -0.545 e. The molecular weight excluding hydrogens is 240 g/mol. The summed E-state index contributed by atoms with van der Waals surface area (Å²) in [7, 11) is 0.889. The van der Waals surface area contributed by atoms with Crippen molar-refractivity contribution in [3.05, 3.63) is 29.1 Å². The molecule has 1 rings (SSSR count). The number of carbonyl (C=O) groups excluding carboxylic acids is 1. The van der Waals surface area contributed by atoms with Gasteiger partial charge in [-0.1, -0.05) is 0 Å².